The lowest BCUT2D eigenvalue weighted by molar-refractivity contribution is 0.365. The summed E-state index contributed by atoms with van der Waals surface area (Å²) in [5.74, 6) is 2.10. The van der Waals surface area contributed by atoms with Crippen molar-refractivity contribution in [3.8, 4) is 0 Å². The van der Waals surface area contributed by atoms with Crippen LogP contribution in [-0.4, -0.2) is 39.9 Å². The molecule has 0 unspecified atom stereocenters. The van der Waals surface area contributed by atoms with E-state index < -0.39 is 0 Å². The van der Waals surface area contributed by atoms with E-state index in [0.717, 1.165) is 42.4 Å². The molecule has 24 heavy (non-hydrogen) atoms. The van der Waals surface area contributed by atoms with Crippen LogP contribution < -0.4 is 5.32 Å². The van der Waals surface area contributed by atoms with Gasteiger partial charge in [0.05, 0.1) is 18.4 Å². The molecule has 0 aliphatic rings. The number of hydrogen-bond acceptors (Lipinski definition) is 4. The van der Waals surface area contributed by atoms with Gasteiger partial charge in [-0.2, -0.15) is 5.10 Å². The zero-order chi connectivity index (χ0) is 17.5. The Bertz CT molecular complexity index is 656. The van der Waals surface area contributed by atoms with Gasteiger partial charge in [0.2, 0.25) is 0 Å². The molecule has 0 aliphatic heterocycles. The molecule has 1 N–H and O–H groups in total. The molecule has 2 aromatic heterocycles. The van der Waals surface area contributed by atoms with Crippen LogP contribution in [0, 0.1) is 0 Å². The first kappa shape index (κ1) is 18.0. The number of aliphatic imine (C=N–C) groups is 1. The Morgan fingerprint density at radius 1 is 1.42 bits per heavy atom. The first-order valence-corrected chi connectivity index (χ1v) is 8.42. The Labute approximate surface area is 143 Å². The fourth-order valence-electron chi connectivity index (χ4n) is 2.76. The summed E-state index contributed by atoms with van der Waals surface area (Å²) in [5, 5.41) is 11.7. The average molecular weight is 332 g/mol. The van der Waals surface area contributed by atoms with Gasteiger partial charge in [-0.05, 0) is 12.8 Å². The first-order valence-electron chi connectivity index (χ1n) is 8.42. The van der Waals surface area contributed by atoms with Gasteiger partial charge in [-0.25, -0.2) is 0 Å². The summed E-state index contributed by atoms with van der Waals surface area (Å²) in [5.41, 5.74) is 2.18. The van der Waals surface area contributed by atoms with E-state index in [1.807, 2.05) is 32.6 Å². The molecule has 0 bridgehead atoms. The van der Waals surface area contributed by atoms with E-state index in [1.54, 1.807) is 11.7 Å². The molecular weight excluding hydrogens is 304 g/mol. The number of aryl methyl sites for hydroxylation is 1. The minimum Gasteiger partial charge on any atom is -0.359 e. The van der Waals surface area contributed by atoms with Gasteiger partial charge in [-0.15, -0.1) is 0 Å². The van der Waals surface area contributed by atoms with E-state index in [2.05, 4.69) is 39.3 Å². The van der Waals surface area contributed by atoms with Gasteiger partial charge in [-0.1, -0.05) is 19.0 Å². The minimum atomic E-state index is 0.468. The van der Waals surface area contributed by atoms with Gasteiger partial charge in [0.15, 0.2) is 11.7 Å². The summed E-state index contributed by atoms with van der Waals surface area (Å²) in [6, 6.07) is 2.04. The number of nitrogens with one attached hydrogen (secondary N) is 1. The highest BCUT2D eigenvalue weighted by atomic mass is 16.5. The summed E-state index contributed by atoms with van der Waals surface area (Å²) in [7, 11) is 5.69. The lowest BCUT2D eigenvalue weighted by Crippen LogP contribution is -2.37. The lowest BCUT2D eigenvalue weighted by Gasteiger charge is -2.20. The van der Waals surface area contributed by atoms with Gasteiger partial charge in [-0.3, -0.25) is 9.67 Å². The van der Waals surface area contributed by atoms with Crippen LogP contribution in [0.5, 0.6) is 0 Å². The maximum atomic E-state index is 5.45. The number of hydrogen-bond donors (Lipinski definition) is 1. The van der Waals surface area contributed by atoms with Gasteiger partial charge in [0.1, 0.15) is 0 Å². The first-order chi connectivity index (χ1) is 11.6. The molecule has 2 aromatic rings. The van der Waals surface area contributed by atoms with E-state index >= 15 is 0 Å². The number of rotatable bonds is 7. The molecule has 2 heterocycles. The SMILES string of the molecule is CCC(CC)c1cc(CNC(=NC)N(C)Cc2cnn(C)c2)on1. The van der Waals surface area contributed by atoms with Crippen molar-refractivity contribution >= 4 is 5.96 Å². The van der Waals surface area contributed by atoms with Crippen molar-refractivity contribution < 1.29 is 4.52 Å². The van der Waals surface area contributed by atoms with E-state index in [0.29, 0.717) is 12.5 Å². The molecule has 0 spiro atoms. The Morgan fingerprint density at radius 3 is 2.75 bits per heavy atom. The number of guanidine groups is 1. The Morgan fingerprint density at radius 2 is 2.17 bits per heavy atom. The highest BCUT2D eigenvalue weighted by molar-refractivity contribution is 5.79. The maximum Gasteiger partial charge on any atom is 0.194 e. The van der Waals surface area contributed by atoms with E-state index in [9.17, 15) is 0 Å². The van der Waals surface area contributed by atoms with Crippen LogP contribution in [0.2, 0.25) is 0 Å². The molecule has 0 atom stereocenters. The molecule has 2 rings (SSSR count). The zero-order valence-electron chi connectivity index (χ0n) is 15.3. The van der Waals surface area contributed by atoms with E-state index in [1.165, 1.54) is 0 Å². The third-order valence-corrected chi connectivity index (χ3v) is 4.15. The van der Waals surface area contributed by atoms with Crippen LogP contribution in [0.15, 0.2) is 28.0 Å². The van der Waals surface area contributed by atoms with Gasteiger partial charge >= 0.3 is 0 Å². The van der Waals surface area contributed by atoms with Gasteiger partial charge < -0.3 is 14.7 Å². The van der Waals surface area contributed by atoms with Crippen LogP contribution in [0.4, 0.5) is 0 Å². The standard InChI is InChI=1S/C17H28N6O/c1-6-14(7-2)16-8-15(24-21-16)10-19-17(18-3)22(4)11-13-9-20-23(5)12-13/h8-9,12,14H,6-7,10-11H2,1-5H3,(H,18,19). The summed E-state index contributed by atoms with van der Waals surface area (Å²) in [6.45, 7) is 5.66. The molecule has 0 aliphatic carbocycles. The van der Waals surface area contributed by atoms with Crippen molar-refractivity contribution in [1.29, 1.82) is 0 Å². The normalized spacial score (nSPS) is 12.0. The maximum absolute atomic E-state index is 5.45. The molecular formula is C17H28N6O. The van der Waals surface area contributed by atoms with Crippen molar-refractivity contribution in [3.05, 3.63) is 35.5 Å². The molecule has 0 saturated carbocycles. The Balaban J connectivity index is 1.91. The Kier molecular flexibility index (Phi) is 6.40. The monoisotopic (exact) mass is 332 g/mol. The summed E-state index contributed by atoms with van der Waals surface area (Å²) in [6.07, 6.45) is 6.02. The lowest BCUT2D eigenvalue weighted by atomic mass is 9.99. The molecule has 7 nitrogen and oxygen atoms in total. The second-order valence-electron chi connectivity index (χ2n) is 6.01. The number of nitrogens with zero attached hydrogens (tertiary/aromatic N) is 5. The summed E-state index contributed by atoms with van der Waals surface area (Å²) in [4.78, 5) is 6.37. The quantitative estimate of drug-likeness (QED) is 0.623. The van der Waals surface area contributed by atoms with Crippen LogP contribution >= 0.6 is 0 Å². The summed E-state index contributed by atoms with van der Waals surface area (Å²) >= 11 is 0. The third kappa shape index (κ3) is 4.59. The predicted octanol–water partition coefficient (Wildman–Crippen LogP) is 2.52. The molecule has 0 fully saturated rings. The summed E-state index contributed by atoms with van der Waals surface area (Å²) < 4.78 is 7.25. The van der Waals surface area contributed by atoms with Crippen molar-refractivity contribution in [3.63, 3.8) is 0 Å². The fraction of sp³-hybridized carbons (Fsp3) is 0.588. The van der Waals surface area contributed by atoms with Crippen LogP contribution in [0.1, 0.15) is 49.6 Å². The molecule has 7 heteroatoms. The highest BCUT2D eigenvalue weighted by Crippen LogP contribution is 2.22. The second kappa shape index (κ2) is 8.52. The second-order valence-corrected chi connectivity index (χ2v) is 6.01. The molecule has 0 amide bonds. The van der Waals surface area contributed by atoms with E-state index in [-0.39, 0.29) is 0 Å². The topological polar surface area (TPSA) is 71.5 Å². The van der Waals surface area contributed by atoms with Crippen molar-refractivity contribution in [2.45, 2.75) is 45.7 Å². The van der Waals surface area contributed by atoms with E-state index in [4.69, 9.17) is 4.52 Å². The minimum absolute atomic E-state index is 0.468. The Hall–Kier alpha value is -2.31. The molecule has 0 aromatic carbocycles. The van der Waals surface area contributed by atoms with Crippen LogP contribution in [0.25, 0.3) is 0 Å². The fourth-order valence-corrected chi connectivity index (χ4v) is 2.76. The third-order valence-electron chi connectivity index (χ3n) is 4.15. The van der Waals surface area contributed by atoms with Crippen LogP contribution in [-0.2, 0) is 20.1 Å². The van der Waals surface area contributed by atoms with Crippen molar-refractivity contribution in [2.75, 3.05) is 14.1 Å². The molecule has 132 valence electrons. The molecule has 0 saturated heterocycles. The zero-order valence-corrected chi connectivity index (χ0v) is 15.3. The largest absolute Gasteiger partial charge is 0.359 e. The molecule has 0 radical (unpaired) electrons. The predicted molar refractivity (Wildman–Crippen MR) is 94.7 cm³/mol. The van der Waals surface area contributed by atoms with Crippen LogP contribution in [0.3, 0.4) is 0 Å². The van der Waals surface area contributed by atoms with Crippen molar-refractivity contribution in [2.24, 2.45) is 12.0 Å². The van der Waals surface area contributed by atoms with Crippen molar-refractivity contribution in [1.82, 2.24) is 25.2 Å². The number of aromatic nitrogens is 3. The van der Waals surface area contributed by atoms with Gasteiger partial charge in [0.25, 0.3) is 0 Å². The average Bonchev–Trinajstić information content (AvgIpc) is 3.19. The highest BCUT2D eigenvalue weighted by Gasteiger charge is 2.14. The smallest absolute Gasteiger partial charge is 0.194 e. The van der Waals surface area contributed by atoms with Gasteiger partial charge in [0, 0.05) is 51.4 Å².